The van der Waals surface area contributed by atoms with Crippen LogP contribution in [0.2, 0.25) is 16.6 Å². The minimum absolute atomic E-state index is 0.155. The van der Waals surface area contributed by atoms with Gasteiger partial charge in [0, 0.05) is 18.4 Å². The Hall–Kier alpha value is -1.60. The highest BCUT2D eigenvalue weighted by Crippen LogP contribution is 2.49. The summed E-state index contributed by atoms with van der Waals surface area (Å²) in [7, 11) is -2.08. The second kappa shape index (κ2) is 8.18. The molecule has 1 unspecified atom stereocenters. The van der Waals surface area contributed by atoms with Crippen LogP contribution in [0.15, 0.2) is 35.6 Å². The highest BCUT2D eigenvalue weighted by atomic mass is 28.4. The lowest BCUT2D eigenvalue weighted by Gasteiger charge is -2.43. The Balaban J connectivity index is 2.50. The molecule has 0 amide bonds. The van der Waals surface area contributed by atoms with Gasteiger partial charge in [0.15, 0.2) is 5.78 Å². The topological polar surface area (TPSA) is 50.1 Å². The van der Waals surface area contributed by atoms with Gasteiger partial charge in [-0.05, 0) is 47.5 Å². The zero-order valence-corrected chi connectivity index (χ0v) is 18.9. The van der Waals surface area contributed by atoms with E-state index >= 15 is 0 Å². The molecule has 0 heterocycles. The summed E-state index contributed by atoms with van der Waals surface area (Å²) in [5, 5.41) is 10.0. The summed E-state index contributed by atoms with van der Waals surface area (Å²) in [5.74, 6) is 1.07. The third-order valence-electron chi connectivity index (χ3n) is 6.63. The Morgan fingerprint density at radius 1 is 1.19 bits per heavy atom. The SMILES string of the molecule is C=CCC1(C#N)CCC(O[Si](C(C)C)(C(C)C)C(C)C)=CC2=C1CCC2=O. The number of rotatable bonds is 7. The number of allylic oxidation sites excluding steroid dienone is 5. The Morgan fingerprint density at radius 3 is 2.26 bits per heavy atom. The number of ketones is 1. The maximum Gasteiger partial charge on any atom is 0.258 e. The van der Waals surface area contributed by atoms with Gasteiger partial charge in [0.05, 0.1) is 17.2 Å². The highest BCUT2D eigenvalue weighted by Gasteiger charge is 2.48. The highest BCUT2D eigenvalue weighted by molar-refractivity contribution is 6.77. The van der Waals surface area contributed by atoms with Crippen LogP contribution in [0.25, 0.3) is 0 Å². The first-order valence-electron chi connectivity index (χ1n) is 10.3. The van der Waals surface area contributed by atoms with E-state index in [0.717, 1.165) is 16.9 Å². The second-order valence-electron chi connectivity index (χ2n) is 9.03. The largest absolute Gasteiger partial charge is 0.546 e. The predicted molar refractivity (Wildman–Crippen MR) is 114 cm³/mol. The van der Waals surface area contributed by atoms with E-state index in [9.17, 15) is 10.1 Å². The van der Waals surface area contributed by atoms with E-state index in [0.29, 0.717) is 48.7 Å². The van der Waals surface area contributed by atoms with Crippen molar-refractivity contribution in [2.24, 2.45) is 5.41 Å². The molecule has 2 aliphatic rings. The van der Waals surface area contributed by atoms with Gasteiger partial charge in [-0.1, -0.05) is 47.6 Å². The van der Waals surface area contributed by atoms with Gasteiger partial charge >= 0.3 is 0 Å². The van der Waals surface area contributed by atoms with Crippen molar-refractivity contribution < 1.29 is 9.22 Å². The van der Waals surface area contributed by atoms with E-state index < -0.39 is 13.7 Å². The molecule has 0 spiro atoms. The summed E-state index contributed by atoms with van der Waals surface area (Å²) in [6.45, 7) is 17.5. The van der Waals surface area contributed by atoms with E-state index in [1.165, 1.54) is 0 Å². The van der Waals surface area contributed by atoms with Gasteiger partial charge in [0.2, 0.25) is 0 Å². The van der Waals surface area contributed by atoms with Gasteiger partial charge in [0.1, 0.15) is 0 Å². The molecule has 0 aromatic carbocycles. The monoisotopic (exact) mass is 385 g/mol. The van der Waals surface area contributed by atoms with Crippen LogP contribution >= 0.6 is 0 Å². The molecule has 0 N–H and O–H groups in total. The molecule has 0 aromatic rings. The van der Waals surface area contributed by atoms with E-state index in [-0.39, 0.29) is 5.78 Å². The third-order valence-corrected chi connectivity index (χ3v) is 12.7. The third kappa shape index (κ3) is 3.71. The number of hydrogen-bond donors (Lipinski definition) is 0. The molecule has 27 heavy (non-hydrogen) atoms. The number of hydrogen-bond acceptors (Lipinski definition) is 3. The van der Waals surface area contributed by atoms with Crippen LogP contribution in [0.1, 0.15) is 73.6 Å². The first-order chi connectivity index (χ1) is 12.6. The Kier molecular flexibility index (Phi) is 6.58. The van der Waals surface area contributed by atoms with Crippen LogP contribution in [-0.2, 0) is 9.22 Å². The fourth-order valence-electron chi connectivity index (χ4n) is 5.36. The normalized spacial score (nSPS) is 23.4. The van der Waals surface area contributed by atoms with Crippen molar-refractivity contribution in [2.45, 2.75) is 90.3 Å². The lowest BCUT2D eigenvalue weighted by atomic mass is 9.74. The first kappa shape index (κ1) is 21.7. The maximum absolute atomic E-state index is 12.6. The summed E-state index contributed by atoms with van der Waals surface area (Å²) in [4.78, 5) is 12.6. The molecule has 0 radical (unpaired) electrons. The summed E-state index contributed by atoms with van der Waals surface area (Å²) in [6, 6.07) is 2.54. The minimum Gasteiger partial charge on any atom is -0.546 e. The zero-order valence-electron chi connectivity index (χ0n) is 17.9. The molecule has 148 valence electrons. The van der Waals surface area contributed by atoms with Gasteiger partial charge < -0.3 is 4.43 Å². The number of Topliss-reactive ketones (excluding diaryl/α,β-unsaturated/α-hetero) is 1. The summed E-state index contributed by atoms with van der Waals surface area (Å²) < 4.78 is 6.89. The van der Waals surface area contributed by atoms with Crippen molar-refractivity contribution in [2.75, 3.05) is 0 Å². The van der Waals surface area contributed by atoms with E-state index in [1.54, 1.807) is 0 Å². The van der Waals surface area contributed by atoms with Crippen molar-refractivity contribution >= 4 is 14.1 Å². The molecule has 2 aliphatic carbocycles. The Labute approximate surface area is 166 Å². The summed E-state index contributed by atoms with van der Waals surface area (Å²) >= 11 is 0. The summed E-state index contributed by atoms with van der Waals surface area (Å²) in [5.41, 5.74) is 2.57. The number of carbonyl (C=O) groups excluding carboxylic acids is 1. The predicted octanol–water partition coefficient (Wildman–Crippen LogP) is 6.60. The minimum atomic E-state index is -2.08. The average Bonchev–Trinajstić information content (AvgIpc) is 2.88. The molecule has 0 saturated carbocycles. The molecular weight excluding hydrogens is 350 g/mol. The Bertz CT molecular complexity index is 687. The summed E-state index contributed by atoms with van der Waals surface area (Å²) in [6.07, 6.45) is 7.02. The second-order valence-corrected chi connectivity index (χ2v) is 14.4. The number of carbonyl (C=O) groups is 1. The smallest absolute Gasteiger partial charge is 0.258 e. The van der Waals surface area contributed by atoms with Crippen LogP contribution in [0.3, 0.4) is 0 Å². The van der Waals surface area contributed by atoms with E-state index in [2.05, 4.69) is 54.2 Å². The Morgan fingerprint density at radius 2 is 1.78 bits per heavy atom. The van der Waals surface area contributed by atoms with Crippen LogP contribution in [0.5, 0.6) is 0 Å². The van der Waals surface area contributed by atoms with E-state index in [1.807, 2.05) is 12.2 Å². The van der Waals surface area contributed by atoms with Gasteiger partial charge in [-0.2, -0.15) is 5.26 Å². The van der Waals surface area contributed by atoms with Crippen molar-refractivity contribution in [3.63, 3.8) is 0 Å². The molecule has 0 aromatic heterocycles. The van der Waals surface area contributed by atoms with Gasteiger partial charge in [-0.25, -0.2) is 0 Å². The molecule has 4 heteroatoms. The van der Waals surface area contributed by atoms with Gasteiger partial charge in [-0.3, -0.25) is 4.79 Å². The maximum atomic E-state index is 12.6. The van der Waals surface area contributed by atoms with Crippen LogP contribution in [0.4, 0.5) is 0 Å². The molecule has 0 aliphatic heterocycles. The van der Waals surface area contributed by atoms with Crippen molar-refractivity contribution in [3.05, 3.63) is 35.6 Å². The molecule has 3 nitrogen and oxygen atoms in total. The van der Waals surface area contributed by atoms with Gasteiger partial charge in [0.25, 0.3) is 8.32 Å². The number of nitrogens with zero attached hydrogens (tertiary/aromatic N) is 1. The van der Waals surface area contributed by atoms with Crippen LogP contribution in [-0.4, -0.2) is 14.1 Å². The van der Waals surface area contributed by atoms with Crippen molar-refractivity contribution in [1.29, 1.82) is 5.26 Å². The van der Waals surface area contributed by atoms with Gasteiger partial charge in [-0.15, -0.1) is 6.58 Å². The fourth-order valence-corrected chi connectivity index (χ4v) is 10.7. The zero-order chi connectivity index (χ0) is 20.4. The van der Waals surface area contributed by atoms with Crippen molar-refractivity contribution in [1.82, 2.24) is 0 Å². The van der Waals surface area contributed by atoms with Crippen LogP contribution in [0, 0.1) is 16.7 Å². The van der Waals surface area contributed by atoms with Crippen LogP contribution < -0.4 is 0 Å². The molecule has 0 fully saturated rings. The lowest BCUT2D eigenvalue weighted by molar-refractivity contribution is -0.114. The quantitative estimate of drug-likeness (QED) is 0.366. The lowest BCUT2D eigenvalue weighted by Crippen LogP contribution is -2.47. The van der Waals surface area contributed by atoms with Crippen molar-refractivity contribution in [3.8, 4) is 6.07 Å². The fraction of sp³-hybridized carbons (Fsp3) is 0.652. The molecule has 1 atom stereocenters. The standard InChI is InChI=1S/C23H35NO2Si/c1-8-12-23(15-24)13-11-19(14-20-21(23)9-10-22(20)25)26-27(16(2)3,17(4)5)18(6)7/h8,14,16-18H,1,9-13H2,2-7H3. The van der Waals surface area contributed by atoms with E-state index in [4.69, 9.17) is 4.43 Å². The first-order valence-corrected chi connectivity index (χ1v) is 12.5. The molecular formula is C23H35NO2Si. The average molecular weight is 386 g/mol. The molecule has 0 saturated heterocycles. The molecule has 2 rings (SSSR count). The molecule has 0 bridgehead atoms. The number of nitriles is 1.